The summed E-state index contributed by atoms with van der Waals surface area (Å²) in [7, 11) is 0. The summed E-state index contributed by atoms with van der Waals surface area (Å²) in [6.45, 7) is 0.492. The molecule has 0 fully saturated rings. The lowest BCUT2D eigenvalue weighted by molar-refractivity contribution is -0.118. The molecular formula is C23H19ClN2OS. The Morgan fingerprint density at radius 3 is 2.25 bits per heavy atom. The Hall–Kier alpha value is -2.69. The first-order valence-electron chi connectivity index (χ1n) is 9.14. The minimum atomic E-state index is 0.0582. The van der Waals surface area contributed by atoms with Crippen molar-refractivity contribution in [3.05, 3.63) is 95.0 Å². The summed E-state index contributed by atoms with van der Waals surface area (Å²) < 4.78 is 0.983. The molecule has 0 aliphatic carbocycles. The van der Waals surface area contributed by atoms with Crippen LogP contribution in [0, 0.1) is 0 Å². The molecule has 3 nitrogen and oxygen atoms in total. The molecule has 5 heteroatoms. The Morgan fingerprint density at radius 1 is 0.893 bits per heavy atom. The van der Waals surface area contributed by atoms with Crippen LogP contribution in [0.2, 0.25) is 5.02 Å². The van der Waals surface area contributed by atoms with Crippen LogP contribution < -0.4 is 4.90 Å². The Bertz CT molecular complexity index is 1080. The number of carbonyl (C=O) groups excluding carboxylic acids is 1. The van der Waals surface area contributed by atoms with Gasteiger partial charge in [0.15, 0.2) is 5.13 Å². The Labute approximate surface area is 173 Å². The van der Waals surface area contributed by atoms with E-state index in [0.717, 1.165) is 21.3 Å². The number of carbonyl (C=O) groups is 1. The topological polar surface area (TPSA) is 33.2 Å². The summed E-state index contributed by atoms with van der Waals surface area (Å²) in [5, 5.41) is 1.29. The Morgan fingerprint density at radius 2 is 1.57 bits per heavy atom. The van der Waals surface area contributed by atoms with Gasteiger partial charge < -0.3 is 0 Å². The zero-order chi connectivity index (χ0) is 19.3. The van der Waals surface area contributed by atoms with Crippen LogP contribution in [-0.4, -0.2) is 10.9 Å². The molecule has 0 N–H and O–H groups in total. The van der Waals surface area contributed by atoms with Gasteiger partial charge in [0.05, 0.1) is 16.3 Å². The molecule has 0 aliphatic heterocycles. The monoisotopic (exact) mass is 406 g/mol. The predicted octanol–water partition coefficient (Wildman–Crippen LogP) is 6.12. The van der Waals surface area contributed by atoms with E-state index in [1.807, 2.05) is 78.9 Å². The lowest BCUT2D eigenvalue weighted by Crippen LogP contribution is -2.30. The van der Waals surface area contributed by atoms with E-state index in [1.165, 1.54) is 11.3 Å². The fourth-order valence-electron chi connectivity index (χ4n) is 3.08. The number of rotatable bonds is 6. The number of hydrogen-bond acceptors (Lipinski definition) is 3. The van der Waals surface area contributed by atoms with E-state index in [4.69, 9.17) is 11.6 Å². The lowest BCUT2D eigenvalue weighted by atomic mass is 10.1. The van der Waals surface area contributed by atoms with E-state index in [0.29, 0.717) is 29.5 Å². The molecule has 1 amide bonds. The molecule has 0 bridgehead atoms. The molecule has 0 spiro atoms. The lowest BCUT2D eigenvalue weighted by Gasteiger charge is -2.20. The van der Waals surface area contributed by atoms with Crippen LogP contribution in [0.15, 0.2) is 78.9 Å². The van der Waals surface area contributed by atoms with Crippen molar-refractivity contribution in [2.45, 2.75) is 19.4 Å². The van der Waals surface area contributed by atoms with Crippen molar-refractivity contribution >= 4 is 44.2 Å². The van der Waals surface area contributed by atoms with Crippen molar-refractivity contribution in [2.75, 3.05) is 4.90 Å². The number of aryl methyl sites for hydroxylation is 1. The first-order chi connectivity index (χ1) is 13.7. The van der Waals surface area contributed by atoms with Crippen LogP contribution in [0.4, 0.5) is 5.13 Å². The highest BCUT2D eigenvalue weighted by molar-refractivity contribution is 7.22. The van der Waals surface area contributed by atoms with Gasteiger partial charge in [-0.1, -0.05) is 89.7 Å². The van der Waals surface area contributed by atoms with Crippen LogP contribution in [0.25, 0.3) is 10.2 Å². The van der Waals surface area contributed by atoms with Crippen LogP contribution >= 0.6 is 22.9 Å². The molecule has 0 atom stereocenters. The van der Waals surface area contributed by atoms with Crippen LogP contribution in [0.3, 0.4) is 0 Å². The first kappa shape index (κ1) is 18.7. The molecule has 1 aromatic heterocycles. The number of hydrogen-bond donors (Lipinski definition) is 0. The van der Waals surface area contributed by atoms with Gasteiger partial charge in [0, 0.05) is 6.42 Å². The summed E-state index contributed by atoms with van der Waals surface area (Å²) in [6, 6.07) is 25.8. The van der Waals surface area contributed by atoms with Gasteiger partial charge in [-0.05, 0) is 29.7 Å². The number of nitrogens with zero attached hydrogens (tertiary/aromatic N) is 2. The van der Waals surface area contributed by atoms with Gasteiger partial charge in [0.25, 0.3) is 0 Å². The Balaban J connectivity index is 1.62. The Kier molecular flexibility index (Phi) is 5.70. The van der Waals surface area contributed by atoms with E-state index in [9.17, 15) is 4.79 Å². The van der Waals surface area contributed by atoms with Crippen molar-refractivity contribution in [2.24, 2.45) is 0 Å². The van der Waals surface area contributed by atoms with Gasteiger partial charge in [-0.15, -0.1) is 0 Å². The molecule has 0 radical (unpaired) electrons. The van der Waals surface area contributed by atoms with Crippen molar-refractivity contribution < 1.29 is 4.79 Å². The second-order valence-electron chi connectivity index (χ2n) is 6.53. The van der Waals surface area contributed by atoms with E-state index >= 15 is 0 Å². The van der Waals surface area contributed by atoms with Gasteiger partial charge >= 0.3 is 0 Å². The predicted molar refractivity (Wildman–Crippen MR) is 117 cm³/mol. The third-order valence-corrected chi connectivity index (χ3v) is 5.89. The number of amides is 1. The number of benzene rings is 3. The summed E-state index contributed by atoms with van der Waals surface area (Å²) >= 11 is 7.80. The molecule has 0 unspecified atom stereocenters. The van der Waals surface area contributed by atoms with E-state index in [2.05, 4.69) is 4.98 Å². The summed E-state index contributed by atoms with van der Waals surface area (Å²) in [4.78, 5) is 19.6. The molecular weight excluding hydrogens is 388 g/mol. The summed E-state index contributed by atoms with van der Waals surface area (Å²) in [5.74, 6) is 0.0582. The van der Waals surface area contributed by atoms with Crippen molar-refractivity contribution in [1.82, 2.24) is 4.98 Å². The largest absolute Gasteiger partial charge is 0.284 e. The quantitative estimate of drug-likeness (QED) is 0.386. The van der Waals surface area contributed by atoms with Gasteiger partial charge in [-0.3, -0.25) is 9.69 Å². The van der Waals surface area contributed by atoms with Gasteiger partial charge in [-0.2, -0.15) is 0 Å². The second kappa shape index (κ2) is 8.55. The minimum absolute atomic E-state index is 0.0582. The van der Waals surface area contributed by atoms with Crippen molar-refractivity contribution in [1.29, 1.82) is 0 Å². The highest BCUT2D eigenvalue weighted by Crippen LogP contribution is 2.33. The third kappa shape index (κ3) is 4.24. The zero-order valence-electron chi connectivity index (χ0n) is 15.2. The van der Waals surface area contributed by atoms with E-state index in [1.54, 1.807) is 4.90 Å². The maximum atomic E-state index is 13.1. The van der Waals surface area contributed by atoms with Gasteiger partial charge in [0.2, 0.25) is 5.91 Å². The molecule has 0 aliphatic rings. The molecule has 4 rings (SSSR count). The zero-order valence-corrected chi connectivity index (χ0v) is 16.8. The van der Waals surface area contributed by atoms with Crippen molar-refractivity contribution in [3.63, 3.8) is 0 Å². The first-order valence-corrected chi connectivity index (χ1v) is 10.3. The smallest absolute Gasteiger partial charge is 0.229 e. The molecule has 4 aromatic rings. The number of thiazole rings is 1. The van der Waals surface area contributed by atoms with Crippen LogP contribution in [0.5, 0.6) is 0 Å². The van der Waals surface area contributed by atoms with E-state index in [-0.39, 0.29) is 5.91 Å². The number of anilines is 1. The minimum Gasteiger partial charge on any atom is -0.284 e. The second-order valence-corrected chi connectivity index (χ2v) is 7.95. The molecule has 1 heterocycles. The van der Waals surface area contributed by atoms with Crippen LogP contribution in [0.1, 0.15) is 17.5 Å². The summed E-state index contributed by atoms with van der Waals surface area (Å²) in [5.41, 5.74) is 2.97. The highest BCUT2D eigenvalue weighted by Gasteiger charge is 2.20. The molecule has 28 heavy (non-hydrogen) atoms. The fourth-order valence-corrected chi connectivity index (χ4v) is 4.36. The molecule has 0 saturated carbocycles. The third-order valence-electron chi connectivity index (χ3n) is 4.54. The maximum absolute atomic E-state index is 13.1. The molecule has 3 aromatic carbocycles. The number of aromatic nitrogens is 1. The maximum Gasteiger partial charge on any atom is 0.229 e. The molecule has 0 saturated heterocycles. The highest BCUT2D eigenvalue weighted by atomic mass is 35.5. The molecule has 140 valence electrons. The number of fused-ring (bicyclic) bond motifs is 1. The van der Waals surface area contributed by atoms with Gasteiger partial charge in [0.1, 0.15) is 5.52 Å². The van der Waals surface area contributed by atoms with Crippen LogP contribution in [-0.2, 0) is 17.8 Å². The number of para-hydroxylation sites is 1. The standard InChI is InChI=1S/C23H19ClN2OS/c24-19-12-7-13-20-22(19)25-23(28-20)26(16-18-10-5-2-6-11-18)21(27)15-14-17-8-3-1-4-9-17/h1-13H,14-16H2. The average Bonchev–Trinajstić information content (AvgIpc) is 3.17. The number of halogens is 1. The average molecular weight is 407 g/mol. The van der Waals surface area contributed by atoms with Crippen molar-refractivity contribution in [3.8, 4) is 0 Å². The SMILES string of the molecule is O=C(CCc1ccccc1)N(Cc1ccccc1)c1nc2c(Cl)cccc2s1. The summed E-state index contributed by atoms with van der Waals surface area (Å²) in [6.07, 6.45) is 1.14. The normalized spacial score (nSPS) is 10.9. The van der Waals surface area contributed by atoms with E-state index < -0.39 is 0 Å². The fraction of sp³-hybridized carbons (Fsp3) is 0.130. The van der Waals surface area contributed by atoms with Gasteiger partial charge in [-0.25, -0.2) is 4.98 Å².